The second kappa shape index (κ2) is 9.68. The average molecular weight is 391 g/mol. The molecule has 0 bridgehead atoms. The van der Waals surface area contributed by atoms with E-state index in [0.29, 0.717) is 24.5 Å². The molecule has 27 heavy (non-hydrogen) atoms. The molecule has 2 heterocycles. The second-order valence-electron chi connectivity index (χ2n) is 6.33. The SMILES string of the molecule is COc1ccc(-c2nc(CC(=O)NCCN3CCNCC3)cs2)cc1OC. The predicted molar refractivity (Wildman–Crippen MR) is 107 cm³/mol. The molecule has 2 N–H and O–H groups in total. The summed E-state index contributed by atoms with van der Waals surface area (Å²) in [4.78, 5) is 19.1. The molecule has 0 radical (unpaired) electrons. The molecule has 1 aliphatic heterocycles. The van der Waals surface area contributed by atoms with Gasteiger partial charge in [-0.15, -0.1) is 11.3 Å². The smallest absolute Gasteiger partial charge is 0.226 e. The summed E-state index contributed by atoms with van der Waals surface area (Å²) in [6.45, 7) is 5.68. The number of piperazine rings is 1. The van der Waals surface area contributed by atoms with Gasteiger partial charge >= 0.3 is 0 Å². The Balaban J connectivity index is 1.52. The molecular weight excluding hydrogens is 364 g/mol. The Bertz CT molecular complexity index is 759. The van der Waals surface area contributed by atoms with Crippen molar-refractivity contribution in [3.8, 4) is 22.1 Å². The van der Waals surface area contributed by atoms with Gasteiger partial charge < -0.3 is 20.1 Å². The van der Waals surface area contributed by atoms with Gasteiger partial charge in [-0.1, -0.05) is 0 Å². The number of ether oxygens (including phenoxy) is 2. The molecule has 0 atom stereocenters. The standard InChI is InChI=1S/C19H26N4O3S/c1-25-16-4-3-14(11-17(16)26-2)19-22-15(13-27-19)12-18(24)21-7-10-23-8-5-20-6-9-23/h3-4,11,13,20H,5-10,12H2,1-2H3,(H,21,24). The number of rotatable bonds is 8. The number of nitrogens with zero attached hydrogens (tertiary/aromatic N) is 2. The number of amides is 1. The topological polar surface area (TPSA) is 75.7 Å². The molecule has 146 valence electrons. The molecule has 0 unspecified atom stereocenters. The van der Waals surface area contributed by atoms with Gasteiger partial charge in [-0.3, -0.25) is 9.69 Å². The molecule has 1 aromatic carbocycles. The molecular formula is C19H26N4O3S. The van der Waals surface area contributed by atoms with Crippen LogP contribution in [0.3, 0.4) is 0 Å². The van der Waals surface area contributed by atoms with Crippen LogP contribution in [-0.2, 0) is 11.2 Å². The average Bonchev–Trinajstić information content (AvgIpc) is 3.16. The summed E-state index contributed by atoms with van der Waals surface area (Å²) in [7, 11) is 3.22. The lowest BCUT2D eigenvalue weighted by Crippen LogP contribution is -2.46. The summed E-state index contributed by atoms with van der Waals surface area (Å²) >= 11 is 1.52. The molecule has 1 saturated heterocycles. The van der Waals surface area contributed by atoms with Crippen LogP contribution >= 0.6 is 11.3 Å². The van der Waals surface area contributed by atoms with Gasteiger partial charge in [0.25, 0.3) is 0 Å². The lowest BCUT2D eigenvalue weighted by molar-refractivity contribution is -0.120. The Labute approximate surface area is 163 Å². The Morgan fingerprint density at radius 1 is 1.26 bits per heavy atom. The minimum Gasteiger partial charge on any atom is -0.493 e. The molecule has 1 aromatic heterocycles. The summed E-state index contributed by atoms with van der Waals surface area (Å²) in [5.41, 5.74) is 1.73. The molecule has 1 aliphatic rings. The van der Waals surface area contributed by atoms with Gasteiger partial charge in [0.05, 0.1) is 26.3 Å². The van der Waals surface area contributed by atoms with Gasteiger partial charge in [-0.2, -0.15) is 0 Å². The number of carbonyl (C=O) groups is 1. The highest BCUT2D eigenvalue weighted by molar-refractivity contribution is 7.13. The van der Waals surface area contributed by atoms with E-state index in [9.17, 15) is 4.79 Å². The molecule has 8 heteroatoms. The third kappa shape index (κ3) is 5.41. The van der Waals surface area contributed by atoms with Gasteiger partial charge in [0, 0.05) is 50.2 Å². The first-order chi connectivity index (χ1) is 13.2. The van der Waals surface area contributed by atoms with Crippen molar-refractivity contribution in [2.45, 2.75) is 6.42 Å². The summed E-state index contributed by atoms with van der Waals surface area (Å²) < 4.78 is 10.6. The summed E-state index contributed by atoms with van der Waals surface area (Å²) in [5.74, 6) is 1.36. The van der Waals surface area contributed by atoms with E-state index >= 15 is 0 Å². The Morgan fingerprint density at radius 2 is 2.04 bits per heavy atom. The van der Waals surface area contributed by atoms with Crippen molar-refractivity contribution < 1.29 is 14.3 Å². The first-order valence-corrected chi connectivity index (χ1v) is 9.94. The maximum Gasteiger partial charge on any atom is 0.226 e. The van der Waals surface area contributed by atoms with E-state index in [4.69, 9.17) is 9.47 Å². The van der Waals surface area contributed by atoms with E-state index in [2.05, 4.69) is 20.5 Å². The van der Waals surface area contributed by atoms with Gasteiger partial charge in [-0.05, 0) is 18.2 Å². The Hall–Kier alpha value is -2.16. The Kier molecular flexibility index (Phi) is 7.03. The summed E-state index contributed by atoms with van der Waals surface area (Å²) in [5, 5.41) is 9.11. The number of hydrogen-bond donors (Lipinski definition) is 2. The maximum absolute atomic E-state index is 12.2. The zero-order valence-electron chi connectivity index (χ0n) is 15.8. The highest BCUT2D eigenvalue weighted by atomic mass is 32.1. The minimum absolute atomic E-state index is 0.00861. The normalized spacial score (nSPS) is 14.7. The predicted octanol–water partition coefficient (Wildman–Crippen LogP) is 1.39. The lowest BCUT2D eigenvalue weighted by atomic mass is 10.2. The van der Waals surface area contributed by atoms with Crippen LogP contribution in [0.2, 0.25) is 0 Å². The molecule has 0 aliphatic carbocycles. The van der Waals surface area contributed by atoms with Crippen LogP contribution in [-0.4, -0.2) is 69.3 Å². The van der Waals surface area contributed by atoms with Crippen LogP contribution in [0.25, 0.3) is 10.6 Å². The van der Waals surface area contributed by atoms with E-state index in [-0.39, 0.29) is 5.91 Å². The minimum atomic E-state index is 0.00861. The fourth-order valence-electron chi connectivity index (χ4n) is 3.01. The van der Waals surface area contributed by atoms with E-state index in [1.54, 1.807) is 14.2 Å². The number of methoxy groups -OCH3 is 2. The quantitative estimate of drug-likeness (QED) is 0.710. The number of thiazole rings is 1. The van der Waals surface area contributed by atoms with Crippen molar-refractivity contribution in [1.82, 2.24) is 20.5 Å². The van der Waals surface area contributed by atoms with E-state index in [0.717, 1.165) is 49.0 Å². The molecule has 2 aromatic rings. The molecule has 1 fully saturated rings. The fraction of sp³-hybridized carbons (Fsp3) is 0.474. The lowest BCUT2D eigenvalue weighted by Gasteiger charge is -2.27. The van der Waals surface area contributed by atoms with Crippen LogP contribution in [0, 0.1) is 0 Å². The highest BCUT2D eigenvalue weighted by Crippen LogP contribution is 2.33. The molecule has 0 saturated carbocycles. The zero-order chi connectivity index (χ0) is 19.1. The van der Waals surface area contributed by atoms with Crippen LogP contribution < -0.4 is 20.1 Å². The number of benzene rings is 1. The van der Waals surface area contributed by atoms with E-state index < -0.39 is 0 Å². The van der Waals surface area contributed by atoms with E-state index in [1.165, 1.54) is 11.3 Å². The highest BCUT2D eigenvalue weighted by Gasteiger charge is 2.13. The van der Waals surface area contributed by atoms with Crippen molar-refractivity contribution in [1.29, 1.82) is 0 Å². The van der Waals surface area contributed by atoms with Crippen molar-refractivity contribution in [2.24, 2.45) is 0 Å². The third-order valence-electron chi connectivity index (χ3n) is 4.48. The third-order valence-corrected chi connectivity index (χ3v) is 5.42. The molecule has 7 nitrogen and oxygen atoms in total. The van der Waals surface area contributed by atoms with Crippen LogP contribution in [0.4, 0.5) is 0 Å². The van der Waals surface area contributed by atoms with Crippen molar-refractivity contribution in [3.63, 3.8) is 0 Å². The van der Waals surface area contributed by atoms with E-state index in [1.807, 2.05) is 23.6 Å². The van der Waals surface area contributed by atoms with Crippen LogP contribution in [0.1, 0.15) is 5.69 Å². The number of aromatic nitrogens is 1. The molecule has 1 amide bonds. The van der Waals surface area contributed by atoms with Gasteiger partial charge in [0.2, 0.25) is 5.91 Å². The van der Waals surface area contributed by atoms with Crippen molar-refractivity contribution >= 4 is 17.2 Å². The number of hydrogen-bond acceptors (Lipinski definition) is 7. The van der Waals surface area contributed by atoms with Gasteiger partial charge in [-0.25, -0.2) is 4.98 Å². The van der Waals surface area contributed by atoms with Gasteiger partial charge in [0.1, 0.15) is 5.01 Å². The first kappa shape index (κ1) is 19.6. The van der Waals surface area contributed by atoms with Gasteiger partial charge in [0.15, 0.2) is 11.5 Å². The summed E-state index contributed by atoms with van der Waals surface area (Å²) in [6.07, 6.45) is 0.297. The van der Waals surface area contributed by atoms with Crippen molar-refractivity contribution in [2.75, 3.05) is 53.5 Å². The fourth-order valence-corrected chi connectivity index (χ4v) is 3.82. The van der Waals surface area contributed by atoms with Crippen molar-refractivity contribution in [3.05, 3.63) is 29.3 Å². The maximum atomic E-state index is 12.2. The monoisotopic (exact) mass is 390 g/mol. The largest absolute Gasteiger partial charge is 0.493 e. The zero-order valence-corrected chi connectivity index (χ0v) is 16.6. The molecule has 3 rings (SSSR count). The second-order valence-corrected chi connectivity index (χ2v) is 7.19. The molecule has 0 spiro atoms. The summed E-state index contributed by atoms with van der Waals surface area (Å²) in [6, 6.07) is 5.70. The van der Waals surface area contributed by atoms with Crippen LogP contribution in [0.5, 0.6) is 11.5 Å². The van der Waals surface area contributed by atoms with Crippen LogP contribution in [0.15, 0.2) is 23.6 Å². The Morgan fingerprint density at radius 3 is 2.78 bits per heavy atom. The first-order valence-electron chi connectivity index (χ1n) is 9.06. The number of nitrogens with one attached hydrogen (secondary N) is 2. The number of carbonyl (C=O) groups excluding carboxylic acids is 1.